The van der Waals surface area contributed by atoms with Gasteiger partial charge in [-0.2, -0.15) is 0 Å². The van der Waals surface area contributed by atoms with Crippen molar-refractivity contribution in [2.75, 3.05) is 11.9 Å². The molecule has 1 aliphatic carbocycles. The molecular formula is C35H33N. The summed E-state index contributed by atoms with van der Waals surface area (Å²) in [6.07, 6.45) is 12.1. The monoisotopic (exact) mass is 467 g/mol. The lowest BCUT2D eigenvalue weighted by Gasteiger charge is -2.30. The largest absolute Gasteiger partial charge is 0.368 e. The molecule has 0 heterocycles. The molecule has 36 heavy (non-hydrogen) atoms. The number of hydrogen-bond acceptors (Lipinski definition) is 1. The minimum Gasteiger partial charge on any atom is -0.368 e. The second-order valence-corrected chi connectivity index (χ2v) is 9.71. The summed E-state index contributed by atoms with van der Waals surface area (Å²) < 4.78 is 0. The van der Waals surface area contributed by atoms with Crippen molar-refractivity contribution in [2.45, 2.75) is 26.3 Å². The van der Waals surface area contributed by atoms with Gasteiger partial charge in [-0.05, 0) is 88.2 Å². The molecule has 0 unspecified atom stereocenters. The summed E-state index contributed by atoms with van der Waals surface area (Å²) in [5.74, 6) is 0. The van der Waals surface area contributed by atoms with E-state index in [-0.39, 0.29) is 0 Å². The SMILES string of the molecule is C=C(/C=C\c1ccccc1C)C1=CC[C@@H](N(C)c2ccc(-c3ccc4ccccc4c3)cc2C)C=C1. The van der Waals surface area contributed by atoms with Crippen molar-refractivity contribution < 1.29 is 0 Å². The molecule has 1 aliphatic rings. The molecule has 0 fully saturated rings. The smallest absolute Gasteiger partial charge is 0.0507 e. The van der Waals surface area contributed by atoms with Crippen molar-refractivity contribution >= 4 is 22.5 Å². The van der Waals surface area contributed by atoms with Crippen molar-refractivity contribution in [3.05, 3.63) is 144 Å². The van der Waals surface area contributed by atoms with Gasteiger partial charge in [0.25, 0.3) is 0 Å². The van der Waals surface area contributed by atoms with Gasteiger partial charge in [0.05, 0.1) is 6.04 Å². The Kier molecular flexibility index (Phi) is 6.73. The van der Waals surface area contributed by atoms with Crippen molar-refractivity contribution in [2.24, 2.45) is 0 Å². The number of hydrogen-bond donors (Lipinski definition) is 0. The standard InChI is InChI=1S/C35H33N/c1-25-9-5-6-10-28(25)14-13-26(2)29-17-20-34(21-18-29)36(4)35-22-19-32(23-27(35)3)33-16-15-30-11-7-8-12-31(30)24-33/h5-20,22-24,34H,2,21H2,1,3-4H3/b14-13-/t34-/m0/s1. The van der Waals surface area contributed by atoms with Crippen LogP contribution in [0.1, 0.15) is 23.1 Å². The normalized spacial score (nSPS) is 15.3. The van der Waals surface area contributed by atoms with E-state index in [1.54, 1.807) is 0 Å². The molecule has 5 rings (SSSR count). The molecular weight excluding hydrogens is 434 g/mol. The highest BCUT2D eigenvalue weighted by Gasteiger charge is 2.17. The molecule has 0 N–H and O–H groups in total. The lowest BCUT2D eigenvalue weighted by Crippen LogP contribution is -2.31. The predicted molar refractivity (Wildman–Crippen MR) is 158 cm³/mol. The second kappa shape index (κ2) is 10.3. The number of allylic oxidation sites excluding steroid dienone is 4. The fraction of sp³-hybridized carbons (Fsp3) is 0.143. The molecule has 1 atom stereocenters. The number of rotatable bonds is 6. The highest BCUT2D eigenvalue weighted by Crippen LogP contribution is 2.31. The molecule has 1 heteroatoms. The third kappa shape index (κ3) is 4.97. The summed E-state index contributed by atoms with van der Waals surface area (Å²) in [6, 6.07) is 30.8. The van der Waals surface area contributed by atoms with Gasteiger partial charge < -0.3 is 4.90 Å². The zero-order chi connectivity index (χ0) is 25.1. The minimum absolute atomic E-state index is 0.326. The molecule has 0 saturated heterocycles. The van der Waals surface area contributed by atoms with E-state index in [0.717, 1.165) is 12.0 Å². The topological polar surface area (TPSA) is 3.24 Å². The van der Waals surface area contributed by atoms with E-state index in [9.17, 15) is 0 Å². The zero-order valence-corrected chi connectivity index (χ0v) is 21.4. The van der Waals surface area contributed by atoms with Crippen LogP contribution in [0.5, 0.6) is 0 Å². The van der Waals surface area contributed by atoms with E-state index in [0.29, 0.717) is 6.04 Å². The Morgan fingerprint density at radius 2 is 1.56 bits per heavy atom. The first-order chi connectivity index (χ1) is 17.5. The fourth-order valence-corrected chi connectivity index (χ4v) is 4.97. The Bertz CT molecular complexity index is 1510. The van der Waals surface area contributed by atoms with Crippen LogP contribution in [0.15, 0.2) is 127 Å². The summed E-state index contributed by atoms with van der Waals surface area (Å²) in [4.78, 5) is 2.38. The van der Waals surface area contributed by atoms with E-state index < -0.39 is 0 Å². The van der Waals surface area contributed by atoms with Crippen LogP contribution >= 0.6 is 0 Å². The molecule has 178 valence electrons. The van der Waals surface area contributed by atoms with E-state index in [2.05, 4.69) is 148 Å². The highest BCUT2D eigenvalue weighted by molar-refractivity contribution is 5.87. The third-order valence-corrected chi connectivity index (χ3v) is 7.26. The molecule has 0 amide bonds. The van der Waals surface area contributed by atoms with Crippen LogP contribution in [0.4, 0.5) is 5.69 Å². The number of nitrogens with zero attached hydrogens (tertiary/aromatic N) is 1. The summed E-state index contributed by atoms with van der Waals surface area (Å²) in [5.41, 5.74) is 9.83. The van der Waals surface area contributed by atoms with Crippen LogP contribution in [0.2, 0.25) is 0 Å². The van der Waals surface area contributed by atoms with Crippen LogP contribution in [0.3, 0.4) is 0 Å². The van der Waals surface area contributed by atoms with Gasteiger partial charge in [-0.15, -0.1) is 0 Å². The number of aryl methyl sites for hydroxylation is 2. The average Bonchev–Trinajstić information content (AvgIpc) is 2.92. The number of anilines is 1. The van der Waals surface area contributed by atoms with Gasteiger partial charge in [-0.1, -0.05) is 104 Å². The van der Waals surface area contributed by atoms with E-state index in [1.807, 2.05) is 0 Å². The van der Waals surface area contributed by atoms with E-state index in [4.69, 9.17) is 0 Å². The lowest BCUT2D eigenvalue weighted by atomic mass is 9.95. The first-order valence-electron chi connectivity index (χ1n) is 12.6. The van der Waals surface area contributed by atoms with Crippen LogP contribution in [-0.4, -0.2) is 13.1 Å². The van der Waals surface area contributed by atoms with Gasteiger partial charge >= 0.3 is 0 Å². The first-order valence-corrected chi connectivity index (χ1v) is 12.6. The lowest BCUT2D eigenvalue weighted by molar-refractivity contribution is 0.748. The second-order valence-electron chi connectivity index (χ2n) is 9.71. The molecule has 4 aromatic carbocycles. The van der Waals surface area contributed by atoms with Gasteiger partial charge in [0.15, 0.2) is 0 Å². The Morgan fingerprint density at radius 3 is 2.31 bits per heavy atom. The molecule has 0 saturated carbocycles. The Morgan fingerprint density at radius 1 is 0.833 bits per heavy atom. The van der Waals surface area contributed by atoms with Crippen LogP contribution in [0, 0.1) is 13.8 Å². The van der Waals surface area contributed by atoms with Crippen LogP contribution in [0.25, 0.3) is 28.0 Å². The van der Waals surface area contributed by atoms with Gasteiger partial charge in [-0.25, -0.2) is 0 Å². The quantitative estimate of drug-likeness (QED) is 0.256. The fourth-order valence-electron chi connectivity index (χ4n) is 4.97. The maximum atomic E-state index is 4.30. The van der Waals surface area contributed by atoms with Crippen LogP contribution in [-0.2, 0) is 0 Å². The van der Waals surface area contributed by atoms with Gasteiger partial charge in [0, 0.05) is 12.7 Å². The van der Waals surface area contributed by atoms with Crippen molar-refractivity contribution in [1.29, 1.82) is 0 Å². The van der Waals surface area contributed by atoms with Crippen molar-refractivity contribution in [3.63, 3.8) is 0 Å². The number of benzene rings is 4. The van der Waals surface area contributed by atoms with E-state index in [1.165, 1.54) is 49.9 Å². The van der Waals surface area contributed by atoms with E-state index >= 15 is 0 Å². The average molecular weight is 468 g/mol. The third-order valence-electron chi connectivity index (χ3n) is 7.26. The molecule has 0 bridgehead atoms. The summed E-state index contributed by atoms with van der Waals surface area (Å²) >= 11 is 0. The molecule has 1 nitrogen and oxygen atoms in total. The predicted octanol–water partition coefficient (Wildman–Crippen LogP) is 9.08. The van der Waals surface area contributed by atoms with Crippen molar-refractivity contribution in [1.82, 2.24) is 0 Å². The Labute approximate surface area is 215 Å². The number of fused-ring (bicyclic) bond motifs is 1. The molecule has 0 spiro atoms. The first kappa shape index (κ1) is 23.6. The summed E-state index contributed by atoms with van der Waals surface area (Å²) in [5, 5.41) is 2.55. The van der Waals surface area contributed by atoms with Gasteiger partial charge in [0.2, 0.25) is 0 Å². The zero-order valence-electron chi connectivity index (χ0n) is 21.4. The van der Waals surface area contributed by atoms with Crippen LogP contribution < -0.4 is 4.90 Å². The molecule has 0 aromatic heterocycles. The summed E-state index contributed by atoms with van der Waals surface area (Å²) in [6.45, 7) is 8.65. The van der Waals surface area contributed by atoms with Crippen molar-refractivity contribution in [3.8, 4) is 11.1 Å². The molecule has 0 aliphatic heterocycles. The van der Waals surface area contributed by atoms with Gasteiger partial charge in [-0.3, -0.25) is 0 Å². The highest BCUT2D eigenvalue weighted by atomic mass is 15.1. The minimum atomic E-state index is 0.326. The Balaban J connectivity index is 1.28. The Hall–Kier alpha value is -4.10. The van der Waals surface area contributed by atoms with Gasteiger partial charge in [0.1, 0.15) is 0 Å². The maximum Gasteiger partial charge on any atom is 0.0507 e. The summed E-state index contributed by atoms with van der Waals surface area (Å²) in [7, 11) is 2.19. The molecule has 4 aromatic rings. The number of likely N-dealkylation sites (N-methyl/N-ethyl adjacent to an activating group) is 1. The molecule has 0 radical (unpaired) electrons. The maximum absolute atomic E-state index is 4.30.